The van der Waals surface area contributed by atoms with E-state index in [9.17, 15) is 0 Å². The van der Waals surface area contributed by atoms with E-state index in [2.05, 4.69) is 60.7 Å². The summed E-state index contributed by atoms with van der Waals surface area (Å²) in [5.41, 5.74) is 0. The van der Waals surface area contributed by atoms with Gasteiger partial charge in [0.25, 0.3) is 0 Å². The molecule has 2 nitrogen and oxygen atoms in total. The van der Waals surface area contributed by atoms with Gasteiger partial charge in [-0.1, -0.05) is 36.4 Å². The summed E-state index contributed by atoms with van der Waals surface area (Å²) in [5.74, 6) is 1.88. The van der Waals surface area contributed by atoms with Gasteiger partial charge >= 0.3 is 0 Å². The molecule has 30 heavy (non-hydrogen) atoms. The average molecular weight is 384 g/mol. The lowest BCUT2D eigenvalue weighted by Crippen LogP contribution is -1.87. The first-order valence-corrected chi connectivity index (χ1v) is 10.3. The van der Waals surface area contributed by atoms with Crippen molar-refractivity contribution in [1.29, 1.82) is 0 Å². The van der Waals surface area contributed by atoms with Gasteiger partial charge in [-0.05, 0) is 78.1 Å². The van der Waals surface area contributed by atoms with Crippen molar-refractivity contribution in [1.82, 2.24) is 0 Å². The monoisotopic (exact) mass is 384 g/mol. The fourth-order valence-electron chi connectivity index (χ4n) is 6.18. The highest BCUT2D eigenvalue weighted by Gasteiger charge is 2.25. The van der Waals surface area contributed by atoms with Crippen molar-refractivity contribution in [3.63, 3.8) is 0 Å². The molecule has 0 atom stereocenters. The summed E-state index contributed by atoms with van der Waals surface area (Å²) in [7, 11) is 3.51. The molecule has 0 aliphatic heterocycles. The maximum absolute atomic E-state index is 5.71. The number of rotatable bonds is 2. The number of methoxy groups -OCH3 is 2. The Kier molecular flexibility index (Phi) is 2.36. The van der Waals surface area contributed by atoms with Gasteiger partial charge < -0.3 is 9.47 Å². The average Bonchev–Trinajstić information content (AvgIpc) is 3.31. The molecule has 0 heterocycles. The number of hydrogen-bond donors (Lipinski definition) is 0. The lowest BCUT2D eigenvalue weighted by Gasteiger charge is -2.12. The lowest BCUT2D eigenvalue weighted by atomic mass is 9.92. The van der Waals surface area contributed by atoms with Crippen molar-refractivity contribution in [2.45, 2.75) is 0 Å². The van der Waals surface area contributed by atoms with Crippen molar-refractivity contribution in [2.75, 3.05) is 14.2 Å². The molecule has 8 aromatic carbocycles. The Morgan fingerprint density at radius 3 is 0.967 bits per heavy atom. The normalized spacial score (nSPS) is 13.0. The summed E-state index contributed by atoms with van der Waals surface area (Å²) >= 11 is 0. The minimum absolute atomic E-state index is 0.940. The van der Waals surface area contributed by atoms with E-state index in [0.29, 0.717) is 0 Å². The molecule has 0 spiro atoms. The van der Waals surface area contributed by atoms with Gasteiger partial charge in [0.2, 0.25) is 0 Å². The van der Waals surface area contributed by atoms with Crippen LogP contribution in [0.15, 0.2) is 60.7 Å². The highest BCUT2D eigenvalue weighted by Crippen LogP contribution is 2.54. The molecule has 0 bridgehead atoms. The van der Waals surface area contributed by atoms with E-state index >= 15 is 0 Å². The Morgan fingerprint density at radius 2 is 0.600 bits per heavy atom. The molecule has 8 aromatic rings. The SMILES string of the molecule is COc1ccc2c3ccc4c5ccc(OC)c6ccc7c8ccc1c2c8c3c4c7c65. The minimum atomic E-state index is 0.940. The highest BCUT2D eigenvalue weighted by molar-refractivity contribution is 6.51. The molecule has 0 fully saturated rings. The van der Waals surface area contributed by atoms with E-state index < -0.39 is 0 Å². The van der Waals surface area contributed by atoms with E-state index in [0.717, 1.165) is 11.5 Å². The summed E-state index contributed by atoms with van der Waals surface area (Å²) < 4.78 is 11.4. The predicted octanol–water partition coefficient (Wildman–Crippen LogP) is 7.53. The largest absolute Gasteiger partial charge is 0.496 e. The third kappa shape index (κ3) is 1.38. The van der Waals surface area contributed by atoms with Gasteiger partial charge in [-0.3, -0.25) is 0 Å². The van der Waals surface area contributed by atoms with Crippen molar-refractivity contribution >= 4 is 75.4 Å². The lowest BCUT2D eigenvalue weighted by molar-refractivity contribution is 0.420. The van der Waals surface area contributed by atoms with Crippen LogP contribution < -0.4 is 9.47 Å². The zero-order valence-electron chi connectivity index (χ0n) is 16.6. The molecule has 0 aliphatic carbocycles. The predicted molar refractivity (Wildman–Crippen MR) is 127 cm³/mol. The molecule has 0 aromatic heterocycles. The van der Waals surface area contributed by atoms with Gasteiger partial charge in [-0.2, -0.15) is 0 Å². The van der Waals surface area contributed by atoms with Crippen LogP contribution in [-0.4, -0.2) is 14.2 Å². The van der Waals surface area contributed by atoms with Gasteiger partial charge in [0, 0.05) is 21.5 Å². The van der Waals surface area contributed by atoms with Crippen LogP contribution in [0.4, 0.5) is 0 Å². The van der Waals surface area contributed by atoms with Gasteiger partial charge in [0.05, 0.1) is 14.2 Å². The smallest absolute Gasteiger partial charge is 0.126 e. The first-order chi connectivity index (χ1) is 14.8. The van der Waals surface area contributed by atoms with Crippen molar-refractivity contribution in [3.8, 4) is 11.5 Å². The zero-order valence-corrected chi connectivity index (χ0v) is 16.6. The molecular weight excluding hydrogens is 368 g/mol. The maximum atomic E-state index is 5.71. The molecule has 0 N–H and O–H groups in total. The highest BCUT2D eigenvalue weighted by atomic mass is 16.5. The molecule has 0 saturated carbocycles. The van der Waals surface area contributed by atoms with Crippen molar-refractivity contribution < 1.29 is 9.47 Å². The molecule has 0 aliphatic rings. The topological polar surface area (TPSA) is 18.5 Å². The second-order valence-corrected chi connectivity index (χ2v) is 8.36. The van der Waals surface area contributed by atoms with E-state index in [-0.39, 0.29) is 0 Å². The van der Waals surface area contributed by atoms with Crippen LogP contribution in [0, 0.1) is 0 Å². The van der Waals surface area contributed by atoms with Crippen LogP contribution in [0.1, 0.15) is 0 Å². The van der Waals surface area contributed by atoms with Gasteiger partial charge in [0.1, 0.15) is 11.5 Å². The molecule has 0 amide bonds. The van der Waals surface area contributed by atoms with Gasteiger partial charge in [-0.25, -0.2) is 0 Å². The Bertz CT molecular complexity index is 1770. The van der Waals surface area contributed by atoms with Crippen LogP contribution >= 0.6 is 0 Å². The molecule has 0 radical (unpaired) electrons. The quantitative estimate of drug-likeness (QED) is 0.287. The Hall–Kier alpha value is -3.78. The van der Waals surface area contributed by atoms with Crippen LogP contribution in [0.3, 0.4) is 0 Å². The zero-order chi connectivity index (χ0) is 19.7. The summed E-state index contributed by atoms with van der Waals surface area (Å²) in [6.07, 6.45) is 0. The first kappa shape index (κ1) is 15.1. The molecular formula is C28H16O2. The number of benzene rings is 6. The van der Waals surface area contributed by atoms with Crippen LogP contribution in [0.25, 0.3) is 75.4 Å². The van der Waals surface area contributed by atoms with Crippen LogP contribution in [0.2, 0.25) is 0 Å². The molecule has 2 heteroatoms. The Balaban J connectivity index is 1.82. The third-order valence-electron chi connectivity index (χ3n) is 7.30. The van der Waals surface area contributed by atoms with E-state index in [1.165, 1.54) is 75.4 Å². The van der Waals surface area contributed by atoms with Crippen molar-refractivity contribution in [2.24, 2.45) is 0 Å². The number of fused-ring (bicyclic) bond motifs is 3. The summed E-state index contributed by atoms with van der Waals surface area (Å²) in [4.78, 5) is 0. The van der Waals surface area contributed by atoms with E-state index in [1.54, 1.807) is 14.2 Å². The number of ether oxygens (including phenoxy) is 2. The summed E-state index contributed by atoms with van der Waals surface area (Å²) in [6.45, 7) is 0. The molecule has 0 unspecified atom stereocenters. The first-order valence-electron chi connectivity index (χ1n) is 10.3. The van der Waals surface area contributed by atoms with Crippen molar-refractivity contribution in [3.05, 3.63) is 60.7 Å². The summed E-state index contributed by atoms with van der Waals surface area (Å²) in [5, 5.41) is 18.6. The standard InChI is InChI=1S/C28H16O2/c1-29-21-11-9-13-15-3-4-16-14-10-12-22(30-2)20-8-6-18-17-5-7-19(21)23(13)25(17)27(15)28(16)26(18)24(14)20/h3-12H,1-2H3. The fraction of sp³-hybridized carbons (Fsp3) is 0.0714. The Morgan fingerprint density at radius 1 is 0.333 bits per heavy atom. The fourth-order valence-corrected chi connectivity index (χ4v) is 6.18. The summed E-state index contributed by atoms with van der Waals surface area (Å²) in [6, 6.07) is 22.3. The second kappa shape index (κ2) is 4.68. The third-order valence-corrected chi connectivity index (χ3v) is 7.30. The van der Waals surface area contributed by atoms with Crippen LogP contribution in [-0.2, 0) is 0 Å². The van der Waals surface area contributed by atoms with E-state index in [1.807, 2.05) is 0 Å². The van der Waals surface area contributed by atoms with Gasteiger partial charge in [-0.15, -0.1) is 0 Å². The maximum Gasteiger partial charge on any atom is 0.126 e. The molecule has 0 saturated heterocycles. The molecule has 8 rings (SSSR count). The Labute approximate surface area is 171 Å². The van der Waals surface area contributed by atoms with E-state index in [4.69, 9.17) is 9.47 Å². The van der Waals surface area contributed by atoms with Gasteiger partial charge in [0.15, 0.2) is 0 Å². The second-order valence-electron chi connectivity index (χ2n) is 8.36. The minimum Gasteiger partial charge on any atom is -0.496 e. The molecule has 140 valence electrons. The number of hydrogen-bond acceptors (Lipinski definition) is 2. The van der Waals surface area contributed by atoms with Crippen LogP contribution in [0.5, 0.6) is 11.5 Å².